The van der Waals surface area contributed by atoms with Crippen LogP contribution in [0.3, 0.4) is 0 Å². The number of halogens is 1. The van der Waals surface area contributed by atoms with Crippen molar-refractivity contribution in [1.29, 1.82) is 0 Å². The van der Waals surface area contributed by atoms with E-state index in [9.17, 15) is 4.79 Å². The monoisotopic (exact) mass is 310 g/mol. The molecule has 108 valence electrons. The third kappa shape index (κ3) is 4.34. The topological polar surface area (TPSA) is 55.1 Å². The molecule has 3 nitrogen and oxygen atoms in total. The quantitative estimate of drug-likeness (QED) is 0.804. The van der Waals surface area contributed by atoms with Gasteiger partial charge in [0.1, 0.15) is 0 Å². The van der Waals surface area contributed by atoms with Crippen LogP contribution in [0.4, 0.5) is 0 Å². The standard InChI is InChI=1S/C15H18N2OS.ClH/c16-9-4-5-10-17-15(18)14-13(8-11-19-14)12-6-2-1-3-7-12;/h1-3,6-8,11H,4-5,9-10,16H2,(H,17,18);1H. The van der Waals surface area contributed by atoms with E-state index >= 15 is 0 Å². The average molecular weight is 311 g/mol. The molecule has 0 aliphatic rings. The first-order valence-electron chi connectivity index (χ1n) is 6.44. The molecule has 2 aromatic rings. The number of carbonyl (C=O) groups excluding carboxylic acids is 1. The molecular weight excluding hydrogens is 292 g/mol. The highest BCUT2D eigenvalue weighted by Crippen LogP contribution is 2.27. The molecule has 0 bridgehead atoms. The van der Waals surface area contributed by atoms with Gasteiger partial charge in [0, 0.05) is 12.1 Å². The second kappa shape index (κ2) is 8.74. The maximum atomic E-state index is 12.1. The van der Waals surface area contributed by atoms with E-state index in [4.69, 9.17) is 5.73 Å². The zero-order valence-electron chi connectivity index (χ0n) is 11.2. The smallest absolute Gasteiger partial charge is 0.261 e. The summed E-state index contributed by atoms with van der Waals surface area (Å²) in [6.45, 7) is 1.35. The van der Waals surface area contributed by atoms with E-state index in [2.05, 4.69) is 5.32 Å². The number of nitrogens with two attached hydrogens (primary N) is 1. The zero-order chi connectivity index (χ0) is 13.5. The highest BCUT2D eigenvalue weighted by molar-refractivity contribution is 7.12. The summed E-state index contributed by atoms with van der Waals surface area (Å²) >= 11 is 1.48. The van der Waals surface area contributed by atoms with Crippen LogP contribution in [0.15, 0.2) is 41.8 Å². The lowest BCUT2D eigenvalue weighted by atomic mass is 10.1. The fraction of sp³-hybridized carbons (Fsp3) is 0.267. The summed E-state index contributed by atoms with van der Waals surface area (Å²) in [6.07, 6.45) is 1.87. The Balaban J connectivity index is 0.00000200. The summed E-state index contributed by atoms with van der Waals surface area (Å²) in [5.41, 5.74) is 7.51. The van der Waals surface area contributed by atoms with Crippen molar-refractivity contribution in [2.24, 2.45) is 5.73 Å². The normalized spacial score (nSPS) is 9.85. The van der Waals surface area contributed by atoms with Crippen LogP contribution in [0.5, 0.6) is 0 Å². The lowest BCUT2D eigenvalue weighted by Gasteiger charge is -2.06. The largest absolute Gasteiger partial charge is 0.351 e. The molecular formula is C15H19ClN2OS. The number of hydrogen-bond acceptors (Lipinski definition) is 3. The van der Waals surface area contributed by atoms with Gasteiger partial charge in [-0.25, -0.2) is 0 Å². The van der Waals surface area contributed by atoms with Crippen molar-refractivity contribution < 1.29 is 4.79 Å². The van der Waals surface area contributed by atoms with Crippen LogP contribution < -0.4 is 11.1 Å². The van der Waals surface area contributed by atoms with Gasteiger partial charge in [-0.2, -0.15) is 0 Å². The first kappa shape index (κ1) is 16.7. The molecule has 0 aliphatic carbocycles. The Morgan fingerprint density at radius 3 is 2.60 bits per heavy atom. The molecule has 1 amide bonds. The summed E-state index contributed by atoms with van der Waals surface area (Å²) in [6, 6.07) is 12.0. The molecule has 0 unspecified atom stereocenters. The van der Waals surface area contributed by atoms with Crippen LogP contribution in [0.2, 0.25) is 0 Å². The predicted octanol–water partition coefficient (Wildman–Crippen LogP) is 3.31. The first-order chi connectivity index (χ1) is 9.33. The van der Waals surface area contributed by atoms with Gasteiger partial charge in [0.25, 0.3) is 5.91 Å². The Kier molecular flexibility index (Phi) is 7.30. The van der Waals surface area contributed by atoms with E-state index in [0.717, 1.165) is 28.8 Å². The summed E-state index contributed by atoms with van der Waals surface area (Å²) in [5.74, 6) is 0.00544. The summed E-state index contributed by atoms with van der Waals surface area (Å²) in [7, 11) is 0. The van der Waals surface area contributed by atoms with Crippen LogP contribution in [-0.4, -0.2) is 19.0 Å². The second-order valence-electron chi connectivity index (χ2n) is 4.28. The van der Waals surface area contributed by atoms with Crippen molar-refractivity contribution in [3.05, 3.63) is 46.7 Å². The van der Waals surface area contributed by atoms with Gasteiger partial charge in [-0.1, -0.05) is 30.3 Å². The Bertz CT molecular complexity index is 528. The number of hydrogen-bond donors (Lipinski definition) is 2. The van der Waals surface area contributed by atoms with Gasteiger partial charge in [-0.3, -0.25) is 4.79 Å². The third-order valence-corrected chi connectivity index (χ3v) is 3.79. The third-order valence-electron chi connectivity index (χ3n) is 2.87. The van der Waals surface area contributed by atoms with Crippen LogP contribution >= 0.6 is 23.7 Å². The van der Waals surface area contributed by atoms with Gasteiger partial charge in [0.15, 0.2) is 0 Å². The van der Waals surface area contributed by atoms with Gasteiger partial charge in [-0.05, 0) is 36.4 Å². The maximum absolute atomic E-state index is 12.1. The molecule has 5 heteroatoms. The second-order valence-corrected chi connectivity index (χ2v) is 5.20. The van der Waals surface area contributed by atoms with Gasteiger partial charge in [-0.15, -0.1) is 23.7 Å². The lowest BCUT2D eigenvalue weighted by molar-refractivity contribution is 0.0957. The van der Waals surface area contributed by atoms with E-state index < -0.39 is 0 Å². The molecule has 0 radical (unpaired) electrons. The van der Waals surface area contributed by atoms with Gasteiger partial charge < -0.3 is 11.1 Å². The van der Waals surface area contributed by atoms with Gasteiger partial charge in [0.2, 0.25) is 0 Å². The van der Waals surface area contributed by atoms with Crippen molar-refractivity contribution in [3.8, 4) is 11.1 Å². The van der Waals surface area contributed by atoms with E-state index in [0.29, 0.717) is 13.1 Å². The summed E-state index contributed by atoms with van der Waals surface area (Å²) in [5, 5.41) is 4.90. The molecule has 2 rings (SSSR count). The van der Waals surface area contributed by atoms with Crippen LogP contribution in [0.25, 0.3) is 11.1 Å². The molecule has 0 atom stereocenters. The zero-order valence-corrected chi connectivity index (χ0v) is 12.8. The van der Waals surface area contributed by atoms with Crippen LogP contribution in [-0.2, 0) is 0 Å². The Labute approximate surface area is 129 Å². The minimum Gasteiger partial charge on any atom is -0.351 e. The highest BCUT2D eigenvalue weighted by atomic mass is 35.5. The minimum absolute atomic E-state index is 0. The average Bonchev–Trinajstić information content (AvgIpc) is 2.94. The predicted molar refractivity (Wildman–Crippen MR) is 87.6 cm³/mol. The summed E-state index contributed by atoms with van der Waals surface area (Å²) in [4.78, 5) is 12.9. The molecule has 0 spiro atoms. The molecule has 0 saturated carbocycles. The number of nitrogens with one attached hydrogen (secondary N) is 1. The lowest BCUT2D eigenvalue weighted by Crippen LogP contribution is -2.24. The number of carbonyl (C=O) groups is 1. The van der Waals surface area contributed by atoms with E-state index in [1.165, 1.54) is 11.3 Å². The van der Waals surface area contributed by atoms with Crippen molar-refractivity contribution in [3.63, 3.8) is 0 Å². The first-order valence-corrected chi connectivity index (χ1v) is 7.32. The van der Waals surface area contributed by atoms with E-state index in [1.54, 1.807) is 0 Å². The number of rotatable bonds is 6. The Morgan fingerprint density at radius 1 is 1.15 bits per heavy atom. The molecule has 0 fully saturated rings. The Hall–Kier alpha value is -1.36. The van der Waals surface area contributed by atoms with Crippen LogP contribution in [0, 0.1) is 0 Å². The van der Waals surface area contributed by atoms with Crippen molar-refractivity contribution >= 4 is 29.7 Å². The highest BCUT2D eigenvalue weighted by Gasteiger charge is 2.13. The summed E-state index contributed by atoms with van der Waals surface area (Å²) < 4.78 is 0. The molecule has 0 saturated heterocycles. The van der Waals surface area contributed by atoms with Gasteiger partial charge in [0.05, 0.1) is 4.88 Å². The maximum Gasteiger partial charge on any atom is 0.261 e. The fourth-order valence-corrected chi connectivity index (χ4v) is 2.71. The molecule has 1 heterocycles. The molecule has 1 aromatic heterocycles. The number of amides is 1. The minimum atomic E-state index is 0. The molecule has 20 heavy (non-hydrogen) atoms. The fourth-order valence-electron chi connectivity index (χ4n) is 1.88. The number of thiophene rings is 1. The molecule has 0 aliphatic heterocycles. The van der Waals surface area contributed by atoms with Crippen molar-refractivity contribution in [2.75, 3.05) is 13.1 Å². The molecule has 3 N–H and O–H groups in total. The van der Waals surface area contributed by atoms with Crippen molar-refractivity contribution in [1.82, 2.24) is 5.32 Å². The van der Waals surface area contributed by atoms with Crippen LogP contribution in [0.1, 0.15) is 22.5 Å². The Morgan fingerprint density at radius 2 is 1.90 bits per heavy atom. The number of benzene rings is 1. The van der Waals surface area contributed by atoms with E-state index in [1.807, 2.05) is 41.8 Å². The SMILES string of the molecule is Cl.NCCCCNC(=O)c1sccc1-c1ccccc1. The number of unbranched alkanes of at least 4 members (excludes halogenated alkanes) is 1. The van der Waals surface area contributed by atoms with Gasteiger partial charge >= 0.3 is 0 Å². The van der Waals surface area contributed by atoms with E-state index in [-0.39, 0.29) is 18.3 Å². The van der Waals surface area contributed by atoms with Crippen molar-refractivity contribution in [2.45, 2.75) is 12.8 Å². The molecule has 1 aromatic carbocycles.